The molecule has 0 bridgehead atoms. The lowest BCUT2D eigenvalue weighted by Gasteiger charge is -2.33. The smallest absolute Gasteiger partial charge is 0.249 e. The van der Waals surface area contributed by atoms with Crippen molar-refractivity contribution in [3.8, 4) is 0 Å². The van der Waals surface area contributed by atoms with Gasteiger partial charge in [-0.2, -0.15) is 4.98 Å². The van der Waals surface area contributed by atoms with Crippen molar-refractivity contribution >= 4 is 0 Å². The molecule has 1 aromatic heterocycles. The summed E-state index contributed by atoms with van der Waals surface area (Å²) < 4.78 is 22.1. The van der Waals surface area contributed by atoms with Crippen LogP contribution in [0.2, 0.25) is 0 Å². The van der Waals surface area contributed by atoms with Gasteiger partial charge in [0, 0.05) is 39.3 Å². The molecule has 1 unspecified atom stereocenters. The van der Waals surface area contributed by atoms with E-state index in [9.17, 15) is 0 Å². The molecule has 0 saturated carbocycles. The lowest BCUT2D eigenvalue weighted by molar-refractivity contribution is -0.118. The Kier molecular flexibility index (Phi) is 3.76. The number of hydrogen-bond donors (Lipinski definition) is 1. The van der Waals surface area contributed by atoms with Gasteiger partial charge in [0.15, 0.2) is 0 Å². The standard InChI is InChI=1S/C13H21N3O4/c1-2-19-13(4-7-17-8-5-13)10-15-11(20-16-10)12(14)3-6-18-9-12/h2-9,14H2,1H3. The van der Waals surface area contributed by atoms with E-state index in [0.717, 1.165) is 12.8 Å². The van der Waals surface area contributed by atoms with Gasteiger partial charge in [-0.3, -0.25) is 0 Å². The number of aromatic nitrogens is 2. The van der Waals surface area contributed by atoms with Crippen LogP contribution in [0, 0.1) is 0 Å². The summed E-state index contributed by atoms with van der Waals surface area (Å²) in [6, 6.07) is 0. The fourth-order valence-corrected chi connectivity index (χ4v) is 2.77. The minimum atomic E-state index is -0.663. The number of ether oxygens (including phenoxy) is 3. The Balaban J connectivity index is 1.87. The van der Waals surface area contributed by atoms with Gasteiger partial charge < -0.3 is 24.5 Å². The van der Waals surface area contributed by atoms with Gasteiger partial charge in [0.25, 0.3) is 0 Å². The molecule has 1 atom stereocenters. The molecule has 0 aliphatic carbocycles. The Morgan fingerprint density at radius 2 is 1.95 bits per heavy atom. The van der Waals surface area contributed by atoms with E-state index in [4.69, 9.17) is 24.5 Å². The molecule has 0 aromatic carbocycles. The summed E-state index contributed by atoms with van der Waals surface area (Å²) in [5, 5.41) is 4.12. The number of nitrogens with zero attached hydrogens (tertiary/aromatic N) is 2. The molecule has 0 radical (unpaired) electrons. The largest absolute Gasteiger partial charge is 0.381 e. The highest BCUT2D eigenvalue weighted by Crippen LogP contribution is 2.36. The molecule has 3 rings (SSSR count). The summed E-state index contributed by atoms with van der Waals surface area (Å²) in [7, 11) is 0. The molecular formula is C13H21N3O4. The molecule has 0 spiro atoms. The van der Waals surface area contributed by atoms with Gasteiger partial charge in [-0.05, 0) is 13.3 Å². The van der Waals surface area contributed by atoms with Crippen LogP contribution in [0.5, 0.6) is 0 Å². The molecule has 2 fully saturated rings. The maximum Gasteiger partial charge on any atom is 0.249 e. The van der Waals surface area contributed by atoms with Crippen molar-refractivity contribution < 1.29 is 18.7 Å². The molecule has 20 heavy (non-hydrogen) atoms. The Hall–Kier alpha value is -1.02. The van der Waals surface area contributed by atoms with Crippen molar-refractivity contribution in [2.24, 2.45) is 5.73 Å². The van der Waals surface area contributed by atoms with E-state index in [1.807, 2.05) is 6.92 Å². The second-order valence-corrected chi connectivity index (χ2v) is 5.42. The average Bonchev–Trinajstić information content (AvgIpc) is 3.10. The molecule has 3 heterocycles. The zero-order valence-corrected chi connectivity index (χ0v) is 11.8. The zero-order chi connectivity index (χ0) is 14.1. The second-order valence-electron chi connectivity index (χ2n) is 5.42. The monoisotopic (exact) mass is 283 g/mol. The van der Waals surface area contributed by atoms with Gasteiger partial charge in [0.2, 0.25) is 11.7 Å². The van der Waals surface area contributed by atoms with Crippen LogP contribution in [-0.2, 0) is 25.4 Å². The van der Waals surface area contributed by atoms with Crippen LogP contribution in [0.3, 0.4) is 0 Å². The first-order valence-electron chi connectivity index (χ1n) is 7.12. The molecule has 7 heteroatoms. The highest BCUT2D eigenvalue weighted by Gasteiger charge is 2.43. The molecule has 7 nitrogen and oxygen atoms in total. The van der Waals surface area contributed by atoms with Gasteiger partial charge in [-0.15, -0.1) is 0 Å². The zero-order valence-electron chi connectivity index (χ0n) is 11.8. The lowest BCUT2D eigenvalue weighted by Crippen LogP contribution is -2.39. The van der Waals surface area contributed by atoms with Crippen LogP contribution in [-0.4, -0.2) is 43.2 Å². The van der Waals surface area contributed by atoms with Crippen molar-refractivity contribution in [1.82, 2.24) is 10.1 Å². The summed E-state index contributed by atoms with van der Waals surface area (Å²) in [5.74, 6) is 1.02. The number of hydrogen-bond acceptors (Lipinski definition) is 7. The minimum Gasteiger partial charge on any atom is -0.381 e. The summed E-state index contributed by atoms with van der Waals surface area (Å²) in [6.07, 6.45) is 2.15. The normalized spacial score (nSPS) is 29.7. The average molecular weight is 283 g/mol. The van der Waals surface area contributed by atoms with Gasteiger partial charge >= 0.3 is 0 Å². The van der Waals surface area contributed by atoms with Crippen LogP contribution >= 0.6 is 0 Å². The highest BCUT2D eigenvalue weighted by atomic mass is 16.5. The molecule has 112 valence electrons. The highest BCUT2D eigenvalue weighted by molar-refractivity contribution is 5.09. The van der Waals surface area contributed by atoms with E-state index in [1.54, 1.807) is 0 Å². The van der Waals surface area contributed by atoms with Gasteiger partial charge in [0.05, 0.1) is 6.61 Å². The van der Waals surface area contributed by atoms with Crippen LogP contribution in [0.1, 0.15) is 37.9 Å². The lowest BCUT2D eigenvalue weighted by atomic mass is 9.93. The fourth-order valence-electron chi connectivity index (χ4n) is 2.77. The van der Waals surface area contributed by atoms with Gasteiger partial charge in [-0.1, -0.05) is 5.16 Å². The topological polar surface area (TPSA) is 92.6 Å². The van der Waals surface area contributed by atoms with Crippen LogP contribution < -0.4 is 5.73 Å². The van der Waals surface area contributed by atoms with E-state index in [-0.39, 0.29) is 0 Å². The first kappa shape index (κ1) is 13.9. The van der Waals surface area contributed by atoms with Crippen molar-refractivity contribution in [2.75, 3.05) is 33.0 Å². The summed E-state index contributed by atoms with van der Waals surface area (Å²) in [4.78, 5) is 4.52. The number of nitrogens with two attached hydrogens (primary N) is 1. The predicted octanol–water partition coefficient (Wildman–Crippen LogP) is 0.686. The summed E-state index contributed by atoms with van der Waals surface area (Å²) in [5.41, 5.74) is 5.08. The van der Waals surface area contributed by atoms with Crippen LogP contribution in [0.25, 0.3) is 0 Å². The number of rotatable bonds is 4. The molecule has 2 N–H and O–H groups in total. The van der Waals surface area contributed by atoms with E-state index >= 15 is 0 Å². The quantitative estimate of drug-likeness (QED) is 0.868. The van der Waals surface area contributed by atoms with Crippen molar-refractivity contribution in [3.05, 3.63) is 11.7 Å². The molecule has 1 aromatic rings. The minimum absolute atomic E-state index is 0.416. The van der Waals surface area contributed by atoms with Gasteiger partial charge in [-0.25, -0.2) is 0 Å². The van der Waals surface area contributed by atoms with E-state index in [2.05, 4.69) is 10.1 Å². The van der Waals surface area contributed by atoms with Crippen molar-refractivity contribution in [3.63, 3.8) is 0 Å². The van der Waals surface area contributed by atoms with Crippen molar-refractivity contribution in [1.29, 1.82) is 0 Å². The van der Waals surface area contributed by atoms with E-state index in [0.29, 0.717) is 51.2 Å². The van der Waals surface area contributed by atoms with Crippen LogP contribution in [0.15, 0.2) is 4.52 Å². The third-order valence-corrected chi connectivity index (χ3v) is 4.03. The van der Waals surface area contributed by atoms with E-state index < -0.39 is 11.1 Å². The molecule has 2 saturated heterocycles. The van der Waals surface area contributed by atoms with Gasteiger partial charge in [0.1, 0.15) is 11.1 Å². The fraction of sp³-hybridized carbons (Fsp3) is 0.846. The first-order chi connectivity index (χ1) is 9.69. The second kappa shape index (κ2) is 5.40. The maximum absolute atomic E-state index is 6.25. The van der Waals surface area contributed by atoms with Crippen LogP contribution in [0.4, 0.5) is 0 Å². The Morgan fingerprint density at radius 3 is 2.60 bits per heavy atom. The summed E-state index contributed by atoms with van der Waals surface area (Å²) >= 11 is 0. The summed E-state index contributed by atoms with van der Waals surface area (Å²) in [6.45, 7) is 4.88. The molecule has 2 aliphatic heterocycles. The molecule has 2 aliphatic rings. The third-order valence-electron chi connectivity index (χ3n) is 4.03. The Bertz CT molecular complexity index is 445. The SMILES string of the molecule is CCOC1(c2noc(C3(N)CCOC3)n2)CCOCC1. The van der Waals surface area contributed by atoms with Crippen molar-refractivity contribution in [2.45, 2.75) is 37.3 Å². The predicted molar refractivity (Wildman–Crippen MR) is 69.0 cm³/mol. The molecular weight excluding hydrogens is 262 g/mol. The molecule has 0 amide bonds. The third kappa shape index (κ3) is 2.35. The first-order valence-corrected chi connectivity index (χ1v) is 7.12. The van der Waals surface area contributed by atoms with E-state index in [1.165, 1.54) is 0 Å². The Morgan fingerprint density at radius 1 is 1.20 bits per heavy atom. The maximum atomic E-state index is 6.25. The Labute approximate surface area is 117 Å².